The molecule has 0 bridgehead atoms. The number of carbonyl (C=O) groups is 1. The van der Waals surface area contributed by atoms with E-state index in [0.29, 0.717) is 17.9 Å². The van der Waals surface area contributed by atoms with Gasteiger partial charge in [0.15, 0.2) is 0 Å². The summed E-state index contributed by atoms with van der Waals surface area (Å²) >= 11 is 0. The number of rotatable bonds is 4. The number of aromatic nitrogens is 2. The largest absolute Gasteiger partial charge is 0.325 e. The SMILES string of the molecule is Cc1cc(=O)n(CC(=O)N2CCCc3ccccc32)c(Nc2cccc(F)c2)n1. The van der Waals surface area contributed by atoms with Crippen LogP contribution in [0, 0.1) is 12.7 Å². The number of amides is 1. The maximum atomic E-state index is 13.5. The van der Waals surface area contributed by atoms with E-state index in [9.17, 15) is 14.0 Å². The van der Waals surface area contributed by atoms with Crippen molar-refractivity contribution in [1.29, 1.82) is 0 Å². The number of carbonyl (C=O) groups excluding carboxylic acids is 1. The van der Waals surface area contributed by atoms with E-state index in [1.807, 2.05) is 24.3 Å². The predicted molar refractivity (Wildman–Crippen MR) is 110 cm³/mol. The Bertz CT molecular complexity index is 1130. The third-order valence-corrected chi connectivity index (χ3v) is 4.92. The number of benzene rings is 2. The third kappa shape index (κ3) is 4.03. The molecule has 0 saturated carbocycles. The third-order valence-electron chi connectivity index (χ3n) is 4.92. The van der Waals surface area contributed by atoms with E-state index in [1.54, 1.807) is 24.0 Å². The van der Waals surface area contributed by atoms with Crippen molar-refractivity contribution in [3.63, 3.8) is 0 Å². The fourth-order valence-electron chi connectivity index (χ4n) is 3.58. The van der Waals surface area contributed by atoms with Crippen LogP contribution in [-0.2, 0) is 17.8 Å². The highest BCUT2D eigenvalue weighted by Gasteiger charge is 2.23. The molecule has 0 spiro atoms. The second kappa shape index (κ2) is 7.87. The molecule has 1 aromatic heterocycles. The number of nitrogens with one attached hydrogen (secondary N) is 1. The summed E-state index contributed by atoms with van der Waals surface area (Å²) in [5.41, 5.74) is 2.64. The molecule has 0 aliphatic carbocycles. The molecular formula is C22H21FN4O2. The van der Waals surface area contributed by atoms with Crippen LogP contribution in [0.15, 0.2) is 59.4 Å². The molecule has 148 valence electrons. The Kier molecular flexibility index (Phi) is 5.12. The quantitative estimate of drug-likeness (QED) is 0.739. The smallest absolute Gasteiger partial charge is 0.255 e. The first-order valence-corrected chi connectivity index (χ1v) is 9.50. The molecule has 0 atom stereocenters. The van der Waals surface area contributed by atoms with E-state index >= 15 is 0 Å². The molecule has 0 unspecified atom stereocenters. The Labute approximate surface area is 167 Å². The lowest BCUT2D eigenvalue weighted by Crippen LogP contribution is -2.40. The summed E-state index contributed by atoms with van der Waals surface area (Å²) in [7, 11) is 0. The summed E-state index contributed by atoms with van der Waals surface area (Å²) in [4.78, 5) is 31.8. The summed E-state index contributed by atoms with van der Waals surface area (Å²) in [6.45, 7) is 2.15. The summed E-state index contributed by atoms with van der Waals surface area (Å²) in [6, 6.07) is 15.1. The van der Waals surface area contributed by atoms with Gasteiger partial charge in [-0.3, -0.25) is 14.2 Å². The van der Waals surface area contributed by atoms with Crippen molar-refractivity contribution in [1.82, 2.24) is 9.55 Å². The average molecular weight is 392 g/mol. The van der Waals surface area contributed by atoms with Gasteiger partial charge in [0.25, 0.3) is 5.56 Å². The van der Waals surface area contributed by atoms with Gasteiger partial charge < -0.3 is 10.2 Å². The first kappa shape index (κ1) is 18.9. The number of hydrogen-bond acceptors (Lipinski definition) is 4. The number of hydrogen-bond donors (Lipinski definition) is 1. The Balaban J connectivity index is 1.65. The van der Waals surface area contributed by atoms with Crippen molar-refractivity contribution in [2.75, 3.05) is 16.8 Å². The molecule has 0 saturated heterocycles. The van der Waals surface area contributed by atoms with Crippen molar-refractivity contribution < 1.29 is 9.18 Å². The van der Waals surface area contributed by atoms with E-state index in [-0.39, 0.29) is 24.0 Å². The molecule has 1 aliphatic rings. The predicted octanol–water partition coefficient (Wildman–Crippen LogP) is 3.41. The molecule has 29 heavy (non-hydrogen) atoms. The van der Waals surface area contributed by atoms with Gasteiger partial charge in [-0.05, 0) is 49.6 Å². The van der Waals surface area contributed by atoms with Crippen LogP contribution in [0.2, 0.25) is 0 Å². The second-order valence-corrected chi connectivity index (χ2v) is 7.06. The topological polar surface area (TPSA) is 67.2 Å². The van der Waals surface area contributed by atoms with Crippen LogP contribution in [0.3, 0.4) is 0 Å². The molecule has 0 radical (unpaired) electrons. The average Bonchev–Trinajstić information content (AvgIpc) is 2.70. The molecule has 3 aromatic rings. The summed E-state index contributed by atoms with van der Waals surface area (Å²) < 4.78 is 14.8. The highest BCUT2D eigenvalue weighted by atomic mass is 19.1. The van der Waals surface area contributed by atoms with Crippen LogP contribution in [0.5, 0.6) is 0 Å². The second-order valence-electron chi connectivity index (χ2n) is 7.06. The van der Waals surface area contributed by atoms with Gasteiger partial charge in [0.05, 0.1) is 0 Å². The molecule has 2 aromatic carbocycles. The number of halogens is 1. The molecule has 0 fully saturated rings. The van der Waals surface area contributed by atoms with Crippen LogP contribution in [0.25, 0.3) is 0 Å². The highest BCUT2D eigenvalue weighted by molar-refractivity contribution is 5.94. The maximum absolute atomic E-state index is 13.5. The zero-order valence-electron chi connectivity index (χ0n) is 16.1. The van der Waals surface area contributed by atoms with E-state index in [2.05, 4.69) is 10.3 Å². The van der Waals surface area contributed by atoms with Gasteiger partial charge in [0.1, 0.15) is 12.4 Å². The lowest BCUT2D eigenvalue weighted by Gasteiger charge is -2.30. The van der Waals surface area contributed by atoms with Gasteiger partial charge in [-0.25, -0.2) is 9.37 Å². The molecule has 7 heteroatoms. The summed E-state index contributed by atoms with van der Waals surface area (Å²) in [5, 5.41) is 2.96. The van der Waals surface area contributed by atoms with Crippen molar-refractivity contribution in [3.8, 4) is 0 Å². The molecule has 1 amide bonds. The first-order valence-electron chi connectivity index (χ1n) is 9.50. The first-order chi connectivity index (χ1) is 14.0. The normalized spacial score (nSPS) is 13.1. The number of para-hydroxylation sites is 1. The van der Waals surface area contributed by atoms with Crippen molar-refractivity contribution in [2.24, 2.45) is 0 Å². The molecule has 6 nitrogen and oxygen atoms in total. The molecular weight excluding hydrogens is 371 g/mol. The number of anilines is 3. The van der Waals surface area contributed by atoms with Crippen molar-refractivity contribution >= 4 is 23.2 Å². The zero-order valence-corrected chi connectivity index (χ0v) is 16.1. The Morgan fingerprint density at radius 2 is 2.00 bits per heavy atom. The minimum atomic E-state index is -0.405. The highest BCUT2D eigenvalue weighted by Crippen LogP contribution is 2.27. The molecule has 4 rings (SSSR count). The van der Waals surface area contributed by atoms with Crippen LogP contribution in [0.1, 0.15) is 17.7 Å². The Hall–Kier alpha value is -3.48. The van der Waals surface area contributed by atoms with Crippen molar-refractivity contribution in [3.05, 3.63) is 82.0 Å². The van der Waals surface area contributed by atoms with Crippen LogP contribution < -0.4 is 15.8 Å². The van der Waals surface area contributed by atoms with E-state index in [0.717, 1.165) is 24.1 Å². The van der Waals surface area contributed by atoms with Gasteiger partial charge in [-0.2, -0.15) is 0 Å². The number of aryl methyl sites for hydroxylation is 2. The van der Waals surface area contributed by atoms with E-state index in [4.69, 9.17) is 0 Å². The van der Waals surface area contributed by atoms with Gasteiger partial charge in [0, 0.05) is 29.7 Å². The fourth-order valence-corrected chi connectivity index (χ4v) is 3.58. The maximum Gasteiger partial charge on any atom is 0.255 e. The number of fused-ring (bicyclic) bond motifs is 1. The van der Waals surface area contributed by atoms with E-state index in [1.165, 1.54) is 22.8 Å². The lowest BCUT2D eigenvalue weighted by molar-refractivity contribution is -0.119. The summed E-state index contributed by atoms with van der Waals surface area (Å²) in [5.74, 6) is -0.385. The lowest BCUT2D eigenvalue weighted by atomic mass is 10.0. The summed E-state index contributed by atoms with van der Waals surface area (Å²) in [6.07, 6.45) is 1.80. The van der Waals surface area contributed by atoms with Gasteiger partial charge in [-0.1, -0.05) is 24.3 Å². The van der Waals surface area contributed by atoms with Gasteiger partial charge in [0.2, 0.25) is 11.9 Å². The monoisotopic (exact) mass is 392 g/mol. The Morgan fingerprint density at radius 1 is 1.17 bits per heavy atom. The minimum Gasteiger partial charge on any atom is -0.325 e. The van der Waals surface area contributed by atoms with Crippen molar-refractivity contribution in [2.45, 2.75) is 26.3 Å². The van der Waals surface area contributed by atoms with Gasteiger partial charge >= 0.3 is 0 Å². The number of nitrogens with zero attached hydrogens (tertiary/aromatic N) is 3. The molecule has 1 N–H and O–H groups in total. The standard InChI is InChI=1S/C22H21FN4O2/c1-15-12-20(28)27(22(24-15)25-18-9-4-8-17(23)13-18)14-21(29)26-11-5-7-16-6-2-3-10-19(16)26/h2-4,6,8-10,12-13H,5,7,11,14H2,1H3,(H,24,25). The molecule has 2 heterocycles. The van der Waals surface area contributed by atoms with Crippen LogP contribution in [0.4, 0.5) is 21.7 Å². The van der Waals surface area contributed by atoms with E-state index < -0.39 is 5.82 Å². The zero-order chi connectivity index (χ0) is 20.4. The Morgan fingerprint density at radius 3 is 2.83 bits per heavy atom. The van der Waals surface area contributed by atoms with Crippen LogP contribution >= 0.6 is 0 Å². The fraction of sp³-hybridized carbons (Fsp3) is 0.227. The minimum absolute atomic E-state index is 0.155. The van der Waals surface area contributed by atoms with Gasteiger partial charge in [-0.15, -0.1) is 0 Å². The molecule has 1 aliphatic heterocycles. The van der Waals surface area contributed by atoms with Crippen LogP contribution in [-0.4, -0.2) is 22.0 Å².